The van der Waals surface area contributed by atoms with Gasteiger partial charge in [0, 0.05) is 24.3 Å². The van der Waals surface area contributed by atoms with Crippen molar-refractivity contribution in [3.05, 3.63) is 61.9 Å². The third kappa shape index (κ3) is 2.03. The second-order valence-corrected chi connectivity index (χ2v) is 4.23. The molecule has 0 unspecified atom stereocenters. The van der Waals surface area contributed by atoms with Crippen LogP contribution in [0.15, 0.2) is 40.1 Å². The first-order valence-corrected chi connectivity index (χ1v) is 5.44. The molecule has 0 aliphatic rings. The van der Waals surface area contributed by atoms with E-state index in [-0.39, 0.29) is 11.2 Å². The quantitative estimate of drug-likeness (QED) is 0.770. The number of aryl methyl sites for hydroxylation is 1. The molecule has 0 N–H and O–H groups in total. The van der Waals surface area contributed by atoms with E-state index in [0.717, 1.165) is 15.8 Å². The summed E-state index contributed by atoms with van der Waals surface area (Å²) < 4.78 is 2.49. The van der Waals surface area contributed by atoms with Gasteiger partial charge in [0.1, 0.15) is 0 Å². The van der Waals surface area contributed by atoms with Crippen LogP contribution in [0.5, 0.6) is 0 Å². The van der Waals surface area contributed by atoms with Crippen LogP contribution in [0.3, 0.4) is 0 Å². The summed E-state index contributed by atoms with van der Waals surface area (Å²) in [7, 11) is 1.45. The Labute approximate surface area is 103 Å². The Morgan fingerprint density at radius 1 is 1.18 bits per heavy atom. The number of hydrogen-bond donors (Lipinski definition) is 0. The minimum atomic E-state index is -0.372. The average Bonchev–Trinajstić information content (AvgIpc) is 2.28. The van der Waals surface area contributed by atoms with Gasteiger partial charge in [0.05, 0.1) is 5.69 Å². The van der Waals surface area contributed by atoms with Gasteiger partial charge in [0.25, 0.3) is 5.56 Å². The van der Waals surface area contributed by atoms with Gasteiger partial charge in [-0.25, -0.2) is 4.79 Å². The molecule has 1 aromatic carbocycles. The van der Waals surface area contributed by atoms with E-state index in [1.165, 1.54) is 23.9 Å². The summed E-state index contributed by atoms with van der Waals surface area (Å²) in [6.07, 6.45) is 1.47. The molecule has 0 saturated heterocycles. The molecule has 4 nitrogen and oxygen atoms in total. The molecule has 0 bridgehead atoms. The topological polar surface area (TPSA) is 44.0 Å². The Bertz CT molecular complexity index is 686. The highest BCUT2D eigenvalue weighted by Gasteiger charge is 2.06. The molecule has 0 spiro atoms. The van der Waals surface area contributed by atoms with E-state index in [4.69, 9.17) is 11.6 Å². The fourth-order valence-electron chi connectivity index (χ4n) is 1.64. The summed E-state index contributed by atoms with van der Waals surface area (Å²) in [5, 5.41) is 0.615. The van der Waals surface area contributed by atoms with E-state index in [1.54, 1.807) is 18.2 Å². The van der Waals surface area contributed by atoms with Crippen molar-refractivity contribution in [3.63, 3.8) is 0 Å². The number of benzene rings is 1. The third-order valence-electron chi connectivity index (χ3n) is 2.61. The minimum Gasteiger partial charge on any atom is -0.269 e. The van der Waals surface area contributed by atoms with Crippen LogP contribution in [0.25, 0.3) is 5.69 Å². The minimum absolute atomic E-state index is 0.321. The van der Waals surface area contributed by atoms with Crippen molar-refractivity contribution in [3.8, 4) is 5.69 Å². The van der Waals surface area contributed by atoms with Crippen molar-refractivity contribution in [2.45, 2.75) is 6.92 Å². The molecule has 17 heavy (non-hydrogen) atoms. The smallest absolute Gasteiger partial charge is 0.269 e. The Morgan fingerprint density at radius 3 is 2.53 bits per heavy atom. The van der Waals surface area contributed by atoms with Gasteiger partial charge in [-0.1, -0.05) is 11.6 Å². The zero-order valence-corrected chi connectivity index (χ0v) is 10.2. The van der Waals surface area contributed by atoms with Gasteiger partial charge < -0.3 is 0 Å². The fourth-order valence-corrected chi connectivity index (χ4v) is 1.87. The van der Waals surface area contributed by atoms with Gasteiger partial charge in [0.2, 0.25) is 0 Å². The Morgan fingerprint density at radius 2 is 1.88 bits per heavy atom. The van der Waals surface area contributed by atoms with Crippen molar-refractivity contribution in [2.75, 3.05) is 0 Å². The number of hydrogen-bond acceptors (Lipinski definition) is 2. The van der Waals surface area contributed by atoms with Gasteiger partial charge >= 0.3 is 5.69 Å². The van der Waals surface area contributed by atoms with E-state index in [2.05, 4.69) is 0 Å². The summed E-state index contributed by atoms with van der Waals surface area (Å²) in [5.74, 6) is 0. The number of rotatable bonds is 1. The molecule has 0 saturated carbocycles. The van der Waals surface area contributed by atoms with Gasteiger partial charge in [-0.05, 0) is 30.7 Å². The van der Waals surface area contributed by atoms with E-state index >= 15 is 0 Å². The normalized spacial score (nSPS) is 10.5. The molecule has 1 heterocycles. The summed E-state index contributed by atoms with van der Waals surface area (Å²) in [6, 6.07) is 6.59. The number of aromatic nitrogens is 2. The Kier molecular flexibility index (Phi) is 2.90. The molecule has 5 heteroatoms. The first-order chi connectivity index (χ1) is 8.00. The van der Waals surface area contributed by atoms with Crippen LogP contribution < -0.4 is 11.2 Å². The van der Waals surface area contributed by atoms with Crippen LogP contribution in [-0.2, 0) is 7.05 Å². The van der Waals surface area contributed by atoms with Crippen LogP contribution >= 0.6 is 11.6 Å². The first-order valence-electron chi connectivity index (χ1n) is 5.06. The molecular weight excluding hydrogens is 240 g/mol. The van der Waals surface area contributed by atoms with Gasteiger partial charge in [0.15, 0.2) is 0 Å². The van der Waals surface area contributed by atoms with Crippen molar-refractivity contribution in [1.82, 2.24) is 9.13 Å². The van der Waals surface area contributed by atoms with Gasteiger partial charge in [-0.3, -0.25) is 13.9 Å². The fraction of sp³-hybridized carbons (Fsp3) is 0.167. The SMILES string of the molecule is Cc1cc(Cl)ccc1-n1ccc(=O)n(C)c1=O. The van der Waals surface area contributed by atoms with Crippen LogP contribution in [0.2, 0.25) is 5.02 Å². The van der Waals surface area contributed by atoms with Crippen molar-refractivity contribution in [2.24, 2.45) is 7.05 Å². The highest BCUT2D eigenvalue weighted by atomic mass is 35.5. The Balaban J connectivity index is 2.74. The van der Waals surface area contributed by atoms with E-state index in [1.807, 2.05) is 6.92 Å². The second-order valence-electron chi connectivity index (χ2n) is 3.80. The lowest BCUT2D eigenvalue weighted by atomic mass is 10.2. The molecule has 0 atom stereocenters. The van der Waals surface area contributed by atoms with Crippen molar-refractivity contribution < 1.29 is 0 Å². The largest absolute Gasteiger partial charge is 0.335 e. The Hall–Kier alpha value is -1.81. The van der Waals surface area contributed by atoms with E-state index in [0.29, 0.717) is 5.02 Å². The monoisotopic (exact) mass is 250 g/mol. The summed E-state index contributed by atoms with van der Waals surface area (Å²) >= 11 is 5.86. The number of nitrogens with zero attached hydrogens (tertiary/aromatic N) is 2. The van der Waals surface area contributed by atoms with Crippen molar-refractivity contribution in [1.29, 1.82) is 0 Å². The van der Waals surface area contributed by atoms with E-state index in [9.17, 15) is 9.59 Å². The maximum absolute atomic E-state index is 11.9. The molecule has 2 rings (SSSR count). The van der Waals surface area contributed by atoms with Gasteiger partial charge in [-0.2, -0.15) is 0 Å². The van der Waals surface area contributed by atoms with Crippen LogP contribution in [0, 0.1) is 6.92 Å². The molecular formula is C12H11ClN2O2. The summed E-state index contributed by atoms with van der Waals surface area (Å²) in [6.45, 7) is 1.86. The second kappa shape index (κ2) is 4.22. The maximum Gasteiger partial charge on any atom is 0.335 e. The lowest BCUT2D eigenvalue weighted by Gasteiger charge is -2.10. The third-order valence-corrected chi connectivity index (χ3v) is 2.84. The van der Waals surface area contributed by atoms with Crippen LogP contribution in [-0.4, -0.2) is 9.13 Å². The highest BCUT2D eigenvalue weighted by molar-refractivity contribution is 6.30. The predicted molar refractivity (Wildman–Crippen MR) is 67.0 cm³/mol. The lowest BCUT2D eigenvalue weighted by Crippen LogP contribution is -2.36. The maximum atomic E-state index is 11.9. The number of halogens is 1. The standard InChI is InChI=1S/C12H11ClN2O2/c1-8-7-9(13)3-4-10(8)15-6-5-11(16)14(2)12(15)17/h3-7H,1-2H3. The predicted octanol–water partition coefficient (Wildman–Crippen LogP) is 1.50. The molecule has 0 aliphatic carbocycles. The lowest BCUT2D eigenvalue weighted by molar-refractivity contribution is 0.727. The molecule has 0 fully saturated rings. The molecule has 0 amide bonds. The molecule has 0 radical (unpaired) electrons. The average molecular weight is 251 g/mol. The molecule has 88 valence electrons. The molecule has 2 aromatic rings. The van der Waals surface area contributed by atoms with Crippen LogP contribution in [0.1, 0.15) is 5.56 Å². The summed E-state index contributed by atoms with van der Waals surface area (Å²) in [5.41, 5.74) is 0.897. The molecule has 1 aromatic heterocycles. The van der Waals surface area contributed by atoms with E-state index < -0.39 is 0 Å². The molecule has 0 aliphatic heterocycles. The van der Waals surface area contributed by atoms with Crippen molar-refractivity contribution >= 4 is 11.6 Å². The zero-order chi connectivity index (χ0) is 12.6. The zero-order valence-electron chi connectivity index (χ0n) is 9.48. The highest BCUT2D eigenvalue weighted by Crippen LogP contribution is 2.17. The first kappa shape index (κ1) is 11.7. The van der Waals surface area contributed by atoms with Crippen LogP contribution in [0.4, 0.5) is 0 Å². The summed E-state index contributed by atoms with van der Waals surface area (Å²) in [4.78, 5) is 23.2. The van der Waals surface area contributed by atoms with Gasteiger partial charge in [-0.15, -0.1) is 0 Å².